The Labute approximate surface area is 167 Å². The molecule has 7 heteroatoms. The maximum Gasteiger partial charge on any atom is 0.243 e. The second-order valence-corrected chi connectivity index (χ2v) is 9.52. The van der Waals surface area contributed by atoms with E-state index in [4.69, 9.17) is 0 Å². The first-order valence-electron chi connectivity index (χ1n) is 10.1. The van der Waals surface area contributed by atoms with Gasteiger partial charge in [-0.1, -0.05) is 30.2 Å². The fourth-order valence-corrected chi connectivity index (χ4v) is 5.73. The van der Waals surface area contributed by atoms with Crippen molar-refractivity contribution in [2.24, 2.45) is 0 Å². The standard InChI is InChI=1S/C21H28N4O2S/c1-17-5-8-19(9-6-17)28(26,27)25-13-3-2-4-20(25)18-7-10-21(23-16-18)24-14-11-22-12-15-24/h5-10,16,20,22H,2-4,11-15H2,1H3. The number of pyridine rings is 1. The van der Waals surface area contributed by atoms with Crippen LogP contribution in [0, 0.1) is 6.92 Å². The summed E-state index contributed by atoms with van der Waals surface area (Å²) < 4.78 is 28.2. The Hall–Kier alpha value is -1.96. The molecule has 0 bridgehead atoms. The molecule has 3 heterocycles. The summed E-state index contributed by atoms with van der Waals surface area (Å²) >= 11 is 0. The molecule has 2 saturated heterocycles. The third kappa shape index (κ3) is 3.92. The van der Waals surface area contributed by atoms with Crippen LogP contribution in [0.25, 0.3) is 0 Å². The summed E-state index contributed by atoms with van der Waals surface area (Å²) in [5.41, 5.74) is 2.04. The number of aromatic nitrogens is 1. The molecule has 28 heavy (non-hydrogen) atoms. The maximum atomic E-state index is 13.3. The van der Waals surface area contributed by atoms with E-state index in [2.05, 4.69) is 21.3 Å². The van der Waals surface area contributed by atoms with E-state index >= 15 is 0 Å². The van der Waals surface area contributed by atoms with E-state index in [0.29, 0.717) is 11.4 Å². The van der Waals surface area contributed by atoms with Crippen molar-refractivity contribution in [3.63, 3.8) is 0 Å². The molecule has 1 aromatic carbocycles. The first-order chi connectivity index (χ1) is 13.6. The Kier molecular flexibility index (Phi) is 5.66. The molecule has 4 rings (SSSR count). The third-order valence-corrected chi connectivity index (χ3v) is 7.60. The van der Waals surface area contributed by atoms with E-state index in [1.807, 2.05) is 31.3 Å². The molecule has 6 nitrogen and oxygen atoms in total. The number of anilines is 1. The minimum absolute atomic E-state index is 0.148. The van der Waals surface area contributed by atoms with Crippen LogP contribution in [0.1, 0.15) is 36.4 Å². The van der Waals surface area contributed by atoms with Crippen molar-refractivity contribution in [1.29, 1.82) is 0 Å². The van der Waals surface area contributed by atoms with E-state index in [0.717, 1.165) is 62.4 Å². The summed E-state index contributed by atoms with van der Waals surface area (Å²) in [5.74, 6) is 0.967. The topological polar surface area (TPSA) is 65.5 Å². The first-order valence-corrected chi connectivity index (χ1v) is 11.5. The van der Waals surface area contributed by atoms with Crippen molar-refractivity contribution in [1.82, 2.24) is 14.6 Å². The van der Waals surface area contributed by atoms with E-state index in [1.165, 1.54) is 0 Å². The van der Waals surface area contributed by atoms with Crippen molar-refractivity contribution < 1.29 is 8.42 Å². The van der Waals surface area contributed by atoms with Gasteiger partial charge in [-0.05, 0) is 43.5 Å². The average Bonchev–Trinajstić information content (AvgIpc) is 2.75. The molecule has 2 aliphatic heterocycles. The lowest BCUT2D eigenvalue weighted by Crippen LogP contribution is -2.44. The molecule has 2 aliphatic rings. The largest absolute Gasteiger partial charge is 0.354 e. The van der Waals surface area contributed by atoms with Gasteiger partial charge in [0.15, 0.2) is 0 Å². The molecule has 0 radical (unpaired) electrons. The van der Waals surface area contributed by atoms with Crippen LogP contribution in [0.15, 0.2) is 47.5 Å². The summed E-state index contributed by atoms with van der Waals surface area (Å²) in [6, 6.07) is 11.1. The Morgan fingerprint density at radius 1 is 1.00 bits per heavy atom. The van der Waals surface area contributed by atoms with Crippen LogP contribution in [-0.2, 0) is 10.0 Å². The van der Waals surface area contributed by atoms with Crippen molar-refractivity contribution >= 4 is 15.8 Å². The lowest BCUT2D eigenvalue weighted by atomic mass is 9.99. The Bertz CT molecular complexity index is 891. The highest BCUT2D eigenvalue weighted by Crippen LogP contribution is 2.35. The molecule has 0 aliphatic carbocycles. The van der Waals surface area contributed by atoms with Crippen LogP contribution in [0.5, 0.6) is 0 Å². The molecule has 150 valence electrons. The predicted molar refractivity (Wildman–Crippen MR) is 111 cm³/mol. The molecular formula is C21H28N4O2S. The first kappa shape index (κ1) is 19.4. The minimum Gasteiger partial charge on any atom is -0.354 e. The van der Waals surface area contributed by atoms with Gasteiger partial charge in [0.25, 0.3) is 0 Å². The van der Waals surface area contributed by atoms with Crippen LogP contribution >= 0.6 is 0 Å². The van der Waals surface area contributed by atoms with Gasteiger partial charge in [-0.2, -0.15) is 4.31 Å². The zero-order valence-electron chi connectivity index (χ0n) is 16.3. The average molecular weight is 401 g/mol. The van der Waals surface area contributed by atoms with Crippen LogP contribution in [-0.4, -0.2) is 50.4 Å². The summed E-state index contributed by atoms with van der Waals surface area (Å²) in [6.07, 6.45) is 4.63. The lowest BCUT2D eigenvalue weighted by Gasteiger charge is -2.35. The van der Waals surface area contributed by atoms with Crippen molar-refractivity contribution in [3.8, 4) is 0 Å². The highest BCUT2D eigenvalue weighted by Gasteiger charge is 2.34. The van der Waals surface area contributed by atoms with Crippen molar-refractivity contribution in [2.75, 3.05) is 37.6 Å². The molecule has 0 amide bonds. The predicted octanol–water partition coefficient (Wildman–Crippen LogP) is 2.72. The minimum atomic E-state index is -3.52. The number of nitrogens with zero attached hydrogens (tertiary/aromatic N) is 3. The summed E-state index contributed by atoms with van der Waals surface area (Å²) in [7, 11) is -3.52. The fraction of sp³-hybridized carbons (Fsp3) is 0.476. The summed E-state index contributed by atoms with van der Waals surface area (Å²) in [4.78, 5) is 7.29. The number of hydrogen-bond donors (Lipinski definition) is 1. The van der Waals surface area contributed by atoms with Gasteiger partial charge in [0.1, 0.15) is 5.82 Å². The van der Waals surface area contributed by atoms with Crippen LogP contribution in [0.4, 0.5) is 5.82 Å². The Morgan fingerprint density at radius 3 is 2.43 bits per heavy atom. The second kappa shape index (κ2) is 8.19. The number of nitrogens with one attached hydrogen (secondary N) is 1. The number of aryl methyl sites for hydroxylation is 1. The number of rotatable bonds is 4. The molecule has 1 atom stereocenters. The Balaban J connectivity index is 1.59. The number of piperidine rings is 1. The summed E-state index contributed by atoms with van der Waals surface area (Å²) in [5, 5.41) is 3.35. The zero-order chi connectivity index (χ0) is 19.6. The fourth-order valence-electron chi connectivity index (χ4n) is 4.05. The molecule has 1 aromatic heterocycles. The van der Waals surface area contributed by atoms with Gasteiger partial charge in [-0.15, -0.1) is 0 Å². The number of piperazine rings is 1. The van der Waals surface area contributed by atoms with Crippen molar-refractivity contribution in [3.05, 3.63) is 53.7 Å². The highest BCUT2D eigenvalue weighted by atomic mass is 32.2. The SMILES string of the molecule is Cc1ccc(S(=O)(=O)N2CCCCC2c2ccc(N3CCNCC3)nc2)cc1. The molecule has 2 aromatic rings. The van der Waals surface area contributed by atoms with Gasteiger partial charge < -0.3 is 10.2 Å². The van der Waals surface area contributed by atoms with E-state index in [1.54, 1.807) is 16.4 Å². The van der Waals surface area contributed by atoms with Crippen LogP contribution in [0.3, 0.4) is 0 Å². The summed E-state index contributed by atoms with van der Waals surface area (Å²) in [6.45, 7) is 6.35. The molecule has 0 saturated carbocycles. The van der Waals surface area contributed by atoms with Gasteiger partial charge in [0.2, 0.25) is 10.0 Å². The highest BCUT2D eigenvalue weighted by molar-refractivity contribution is 7.89. The molecule has 0 spiro atoms. The number of hydrogen-bond acceptors (Lipinski definition) is 5. The maximum absolute atomic E-state index is 13.3. The van der Waals surface area contributed by atoms with Gasteiger partial charge in [-0.25, -0.2) is 13.4 Å². The van der Waals surface area contributed by atoms with Crippen molar-refractivity contribution in [2.45, 2.75) is 37.1 Å². The Morgan fingerprint density at radius 2 is 1.75 bits per heavy atom. The van der Waals surface area contributed by atoms with E-state index in [9.17, 15) is 8.42 Å². The monoisotopic (exact) mass is 400 g/mol. The van der Waals surface area contributed by atoms with E-state index in [-0.39, 0.29) is 6.04 Å². The smallest absolute Gasteiger partial charge is 0.243 e. The molecule has 1 N–H and O–H groups in total. The zero-order valence-corrected chi connectivity index (χ0v) is 17.2. The van der Waals surface area contributed by atoms with Gasteiger partial charge in [0, 0.05) is 38.9 Å². The normalized spacial score (nSPS) is 21.6. The quantitative estimate of drug-likeness (QED) is 0.855. The lowest BCUT2D eigenvalue weighted by molar-refractivity contribution is 0.255. The third-order valence-electron chi connectivity index (χ3n) is 5.68. The van der Waals surface area contributed by atoms with Gasteiger partial charge in [0.05, 0.1) is 10.9 Å². The van der Waals surface area contributed by atoms with E-state index < -0.39 is 10.0 Å². The van der Waals surface area contributed by atoms with Gasteiger partial charge >= 0.3 is 0 Å². The van der Waals surface area contributed by atoms with Crippen LogP contribution in [0.2, 0.25) is 0 Å². The second-order valence-electron chi connectivity index (χ2n) is 7.63. The molecular weight excluding hydrogens is 372 g/mol. The molecule has 1 unspecified atom stereocenters. The van der Waals surface area contributed by atoms with Gasteiger partial charge in [-0.3, -0.25) is 0 Å². The number of sulfonamides is 1. The molecule has 2 fully saturated rings. The number of benzene rings is 1. The van der Waals surface area contributed by atoms with Crippen LogP contribution < -0.4 is 10.2 Å².